The van der Waals surface area contributed by atoms with E-state index in [0.29, 0.717) is 18.7 Å². The third-order valence-electron chi connectivity index (χ3n) is 2.85. The number of sulfonamides is 1. The topological polar surface area (TPSA) is 78.5 Å². The van der Waals surface area contributed by atoms with Gasteiger partial charge in [0.25, 0.3) is 5.91 Å². The number of amides is 1. The lowest BCUT2D eigenvalue weighted by atomic mass is 10.2. The SMILES string of the molecule is C=CCNS(=O)(=O)c1cccc(C(=O)N(C)CCNC)c1. The number of benzene rings is 1. The Bertz CT molecular complexity index is 599. The Morgan fingerprint density at radius 1 is 1.43 bits per heavy atom. The van der Waals surface area contributed by atoms with E-state index in [1.54, 1.807) is 31.1 Å². The van der Waals surface area contributed by atoms with Gasteiger partial charge in [-0.3, -0.25) is 4.79 Å². The third-order valence-corrected chi connectivity index (χ3v) is 4.27. The molecule has 1 aromatic rings. The largest absolute Gasteiger partial charge is 0.340 e. The standard InChI is InChI=1S/C14H21N3O3S/c1-4-8-16-21(19,20)13-7-5-6-12(11-13)14(18)17(3)10-9-15-2/h4-7,11,15-16H,1,8-10H2,2-3H3. The summed E-state index contributed by atoms with van der Waals surface area (Å²) in [5.74, 6) is -0.217. The molecule has 0 saturated carbocycles. The van der Waals surface area contributed by atoms with E-state index >= 15 is 0 Å². The van der Waals surface area contributed by atoms with Crippen LogP contribution in [0.4, 0.5) is 0 Å². The Balaban J connectivity index is 2.95. The smallest absolute Gasteiger partial charge is 0.253 e. The highest BCUT2D eigenvalue weighted by Crippen LogP contribution is 2.12. The molecule has 0 aliphatic carbocycles. The van der Waals surface area contributed by atoms with Crippen LogP contribution in [0.25, 0.3) is 0 Å². The zero-order valence-corrected chi connectivity index (χ0v) is 13.1. The monoisotopic (exact) mass is 311 g/mol. The number of carbonyl (C=O) groups is 1. The van der Waals surface area contributed by atoms with E-state index in [9.17, 15) is 13.2 Å². The van der Waals surface area contributed by atoms with Crippen LogP contribution in [0, 0.1) is 0 Å². The summed E-state index contributed by atoms with van der Waals surface area (Å²) in [5.41, 5.74) is 0.343. The number of likely N-dealkylation sites (N-methyl/N-ethyl adjacent to an activating group) is 2. The molecule has 0 heterocycles. The maximum atomic E-state index is 12.2. The molecule has 0 bridgehead atoms. The molecule has 1 aromatic carbocycles. The van der Waals surface area contributed by atoms with Gasteiger partial charge in [0.15, 0.2) is 0 Å². The number of hydrogen-bond donors (Lipinski definition) is 2. The van der Waals surface area contributed by atoms with Crippen molar-refractivity contribution in [3.8, 4) is 0 Å². The molecule has 21 heavy (non-hydrogen) atoms. The van der Waals surface area contributed by atoms with Gasteiger partial charge in [-0.25, -0.2) is 13.1 Å². The predicted molar refractivity (Wildman–Crippen MR) is 82.7 cm³/mol. The summed E-state index contributed by atoms with van der Waals surface area (Å²) in [6, 6.07) is 5.99. The van der Waals surface area contributed by atoms with Gasteiger partial charge in [0, 0.05) is 32.2 Å². The van der Waals surface area contributed by atoms with Gasteiger partial charge in [-0.1, -0.05) is 12.1 Å². The molecule has 0 saturated heterocycles. The molecule has 6 nitrogen and oxygen atoms in total. The van der Waals surface area contributed by atoms with Crippen molar-refractivity contribution in [1.82, 2.24) is 14.9 Å². The average molecular weight is 311 g/mol. The summed E-state index contributed by atoms with van der Waals surface area (Å²) in [6.45, 7) is 4.81. The van der Waals surface area contributed by atoms with E-state index in [1.165, 1.54) is 18.2 Å². The van der Waals surface area contributed by atoms with Crippen LogP contribution >= 0.6 is 0 Å². The maximum Gasteiger partial charge on any atom is 0.253 e. The molecule has 0 fully saturated rings. The van der Waals surface area contributed by atoms with Crippen molar-refractivity contribution in [2.45, 2.75) is 4.90 Å². The van der Waals surface area contributed by atoms with E-state index in [4.69, 9.17) is 0 Å². The van der Waals surface area contributed by atoms with Crippen LogP contribution in [-0.4, -0.2) is 53.0 Å². The summed E-state index contributed by atoms with van der Waals surface area (Å²) >= 11 is 0. The molecular formula is C14H21N3O3S. The molecule has 116 valence electrons. The number of rotatable bonds is 8. The lowest BCUT2D eigenvalue weighted by molar-refractivity contribution is 0.0796. The van der Waals surface area contributed by atoms with E-state index in [0.717, 1.165) is 0 Å². The fraction of sp³-hybridized carbons (Fsp3) is 0.357. The zero-order chi connectivity index (χ0) is 15.9. The number of hydrogen-bond acceptors (Lipinski definition) is 4. The van der Waals surface area contributed by atoms with Gasteiger partial charge >= 0.3 is 0 Å². The number of nitrogens with zero attached hydrogens (tertiary/aromatic N) is 1. The van der Waals surface area contributed by atoms with Gasteiger partial charge in [-0.2, -0.15) is 0 Å². The van der Waals surface area contributed by atoms with Crippen LogP contribution in [0.3, 0.4) is 0 Å². The Morgan fingerprint density at radius 3 is 2.76 bits per heavy atom. The lowest BCUT2D eigenvalue weighted by Crippen LogP contribution is -2.33. The minimum absolute atomic E-state index is 0.0669. The van der Waals surface area contributed by atoms with Crippen molar-refractivity contribution in [3.05, 3.63) is 42.5 Å². The lowest BCUT2D eigenvalue weighted by Gasteiger charge is -2.17. The summed E-state index contributed by atoms with van der Waals surface area (Å²) in [4.78, 5) is 13.8. The van der Waals surface area contributed by atoms with Crippen LogP contribution in [0.15, 0.2) is 41.8 Å². The third kappa shape index (κ3) is 4.96. The van der Waals surface area contributed by atoms with Crippen molar-refractivity contribution < 1.29 is 13.2 Å². The van der Waals surface area contributed by atoms with E-state index < -0.39 is 10.0 Å². The van der Waals surface area contributed by atoms with E-state index in [2.05, 4.69) is 16.6 Å². The number of carbonyl (C=O) groups excluding carboxylic acids is 1. The molecule has 1 amide bonds. The quantitative estimate of drug-likeness (QED) is 0.683. The molecule has 0 radical (unpaired) electrons. The Morgan fingerprint density at radius 2 is 2.14 bits per heavy atom. The second-order valence-corrected chi connectivity index (χ2v) is 6.27. The molecular weight excluding hydrogens is 290 g/mol. The Hall–Kier alpha value is -1.70. The molecule has 0 atom stereocenters. The minimum atomic E-state index is -3.63. The van der Waals surface area contributed by atoms with Gasteiger partial charge in [-0.05, 0) is 25.2 Å². The van der Waals surface area contributed by atoms with Crippen LogP contribution in [0.1, 0.15) is 10.4 Å². The molecule has 7 heteroatoms. The first-order chi connectivity index (χ1) is 9.92. The van der Waals surface area contributed by atoms with Gasteiger partial charge in [0.05, 0.1) is 4.90 Å². The summed E-state index contributed by atoms with van der Waals surface area (Å²) in [7, 11) is -0.146. The first-order valence-electron chi connectivity index (χ1n) is 6.53. The molecule has 0 spiro atoms. The van der Waals surface area contributed by atoms with E-state index in [1.807, 2.05) is 0 Å². The Labute approximate surface area is 125 Å². The number of nitrogens with one attached hydrogen (secondary N) is 2. The second-order valence-electron chi connectivity index (χ2n) is 4.50. The van der Waals surface area contributed by atoms with Crippen molar-refractivity contribution >= 4 is 15.9 Å². The first-order valence-corrected chi connectivity index (χ1v) is 8.01. The average Bonchev–Trinajstić information content (AvgIpc) is 2.50. The summed E-state index contributed by atoms with van der Waals surface area (Å²) < 4.78 is 26.4. The highest BCUT2D eigenvalue weighted by atomic mass is 32.2. The van der Waals surface area contributed by atoms with Crippen LogP contribution in [-0.2, 0) is 10.0 Å². The van der Waals surface area contributed by atoms with Gasteiger partial charge in [0.1, 0.15) is 0 Å². The van der Waals surface area contributed by atoms with Crippen molar-refractivity contribution in [2.75, 3.05) is 33.7 Å². The highest BCUT2D eigenvalue weighted by Gasteiger charge is 2.17. The maximum absolute atomic E-state index is 12.2. The van der Waals surface area contributed by atoms with Gasteiger partial charge in [-0.15, -0.1) is 6.58 Å². The molecule has 0 aliphatic heterocycles. The first kappa shape index (κ1) is 17.4. The van der Waals surface area contributed by atoms with Gasteiger partial charge < -0.3 is 10.2 Å². The van der Waals surface area contributed by atoms with Crippen molar-refractivity contribution in [2.24, 2.45) is 0 Å². The second kappa shape index (κ2) is 7.92. The fourth-order valence-corrected chi connectivity index (χ4v) is 2.69. The highest BCUT2D eigenvalue weighted by molar-refractivity contribution is 7.89. The minimum Gasteiger partial charge on any atom is -0.340 e. The van der Waals surface area contributed by atoms with Crippen LogP contribution < -0.4 is 10.0 Å². The fourth-order valence-electron chi connectivity index (χ4n) is 1.65. The Kier molecular flexibility index (Phi) is 6.54. The predicted octanol–water partition coefficient (Wildman–Crippen LogP) is 0.442. The zero-order valence-electron chi connectivity index (χ0n) is 12.3. The van der Waals surface area contributed by atoms with Crippen molar-refractivity contribution in [1.29, 1.82) is 0 Å². The molecule has 1 rings (SSSR count). The van der Waals surface area contributed by atoms with Crippen LogP contribution in [0.2, 0.25) is 0 Å². The summed E-state index contributed by atoms with van der Waals surface area (Å²) in [5, 5.41) is 2.95. The summed E-state index contributed by atoms with van der Waals surface area (Å²) in [6.07, 6.45) is 1.46. The molecule has 0 aromatic heterocycles. The molecule has 2 N–H and O–H groups in total. The normalized spacial score (nSPS) is 11.1. The molecule has 0 unspecified atom stereocenters. The van der Waals surface area contributed by atoms with E-state index in [-0.39, 0.29) is 17.3 Å². The van der Waals surface area contributed by atoms with Crippen LogP contribution in [0.5, 0.6) is 0 Å². The van der Waals surface area contributed by atoms with Gasteiger partial charge in [0.2, 0.25) is 10.0 Å². The molecule has 0 aliphatic rings. The van der Waals surface area contributed by atoms with Crippen molar-refractivity contribution in [3.63, 3.8) is 0 Å².